The summed E-state index contributed by atoms with van der Waals surface area (Å²) in [7, 11) is 0. The number of ketones is 1. The molecule has 4 aromatic rings. The minimum atomic E-state index is -0.872. The van der Waals surface area contributed by atoms with Crippen molar-refractivity contribution >= 4 is 57.1 Å². The van der Waals surface area contributed by atoms with Crippen molar-refractivity contribution in [3.05, 3.63) is 112 Å². The molecule has 1 fully saturated rings. The first-order valence-corrected chi connectivity index (χ1v) is 12.1. The van der Waals surface area contributed by atoms with Gasteiger partial charge in [0, 0.05) is 16.3 Å². The van der Waals surface area contributed by atoms with Gasteiger partial charge in [-0.15, -0.1) is 0 Å². The maximum Gasteiger partial charge on any atom is 0.300 e. The van der Waals surface area contributed by atoms with E-state index in [-0.39, 0.29) is 11.3 Å². The van der Waals surface area contributed by atoms with Crippen molar-refractivity contribution < 1.29 is 19.4 Å². The lowest BCUT2D eigenvalue weighted by Crippen LogP contribution is -2.29. The van der Waals surface area contributed by atoms with Gasteiger partial charge in [0.2, 0.25) is 0 Å². The summed E-state index contributed by atoms with van der Waals surface area (Å²) in [6.07, 6.45) is 0. The molecule has 5 nitrogen and oxygen atoms in total. The zero-order valence-corrected chi connectivity index (χ0v) is 20.8. The Balaban J connectivity index is 1.78. The molecule has 1 heterocycles. The average molecular weight is 518 g/mol. The molecule has 1 aliphatic heterocycles. The number of carbonyl (C=O) groups excluding carboxylic acids is 2. The van der Waals surface area contributed by atoms with Crippen molar-refractivity contribution in [2.75, 3.05) is 11.5 Å². The Kier molecular flexibility index (Phi) is 6.44. The van der Waals surface area contributed by atoms with E-state index in [9.17, 15) is 14.7 Å². The van der Waals surface area contributed by atoms with Gasteiger partial charge in [-0.25, -0.2) is 0 Å². The van der Waals surface area contributed by atoms with Crippen LogP contribution in [0.5, 0.6) is 5.75 Å². The Morgan fingerprint density at radius 3 is 2.42 bits per heavy atom. The number of carbonyl (C=O) groups is 2. The standard InChI is InChI=1S/C29H21Cl2NO4/c1-2-36-24-16-18(10-15-23(24)31)27(33)25-26(22-9-5-7-17-6-3-4-8-21(17)22)32(29(35)28(25)34)20-13-11-19(30)12-14-20/h3-16,26,33H,2H2,1H3/b27-25-. The van der Waals surface area contributed by atoms with E-state index in [2.05, 4.69) is 0 Å². The fraction of sp³-hybridized carbons (Fsp3) is 0.103. The fourth-order valence-corrected chi connectivity index (χ4v) is 4.85. The van der Waals surface area contributed by atoms with Crippen LogP contribution in [0.25, 0.3) is 16.5 Å². The average Bonchev–Trinajstić information content (AvgIpc) is 3.15. The number of halogens is 2. The van der Waals surface area contributed by atoms with Crippen LogP contribution in [0.15, 0.2) is 90.5 Å². The second-order valence-corrected chi connectivity index (χ2v) is 9.14. The van der Waals surface area contributed by atoms with E-state index in [1.165, 1.54) is 4.90 Å². The Hall–Kier alpha value is -3.80. The number of hydrogen-bond acceptors (Lipinski definition) is 4. The van der Waals surface area contributed by atoms with Gasteiger partial charge in [0.1, 0.15) is 11.5 Å². The van der Waals surface area contributed by atoms with Gasteiger partial charge < -0.3 is 9.84 Å². The molecule has 1 unspecified atom stereocenters. The van der Waals surface area contributed by atoms with Gasteiger partial charge in [0.05, 0.1) is 23.2 Å². The van der Waals surface area contributed by atoms with Gasteiger partial charge in [-0.2, -0.15) is 0 Å². The van der Waals surface area contributed by atoms with E-state index < -0.39 is 17.7 Å². The lowest BCUT2D eigenvalue weighted by molar-refractivity contribution is -0.132. The van der Waals surface area contributed by atoms with Crippen LogP contribution in [0.3, 0.4) is 0 Å². The highest BCUT2D eigenvalue weighted by Gasteiger charge is 2.47. The summed E-state index contributed by atoms with van der Waals surface area (Å²) in [5.41, 5.74) is 1.51. The number of amides is 1. The molecule has 180 valence electrons. The summed E-state index contributed by atoms with van der Waals surface area (Å²) in [6, 6.07) is 24.0. The number of ether oxygens (including phenoxy) is 1. The predicted molar refractivity (Wildman–Crippen MR) is 143 cm³/mol. The molecular formula is C29H21Cl2NO4. The van der Waals surface area contributed by atoms with Gasteiger partial charge in [-0.1, -0.05) is 65.7 Å². The maximum atomic E-state index is 13.5. The van der Waals surface area contributed by atoms with E-state index in [1.54, 1.807) is 42.5 Å². The van der Waals surface area contributed by atoms with Crippen LogP contribution < -0.4 is 9.64 Å². The molecule has 4 aromatic carbocycles. The molecule has 0 aromatic heterocycles. The third kappa shape index (κ3) is 4.11. The van der Waals surface area contributed by atoms with E-state index in [1.807, 2.05) is 49.4 Å². The molecule has 0 radical (unpaired) electrons. The van der Waals surface area contributed by atoms with Crippen LogP contribution in [0.4, 0.5) is 5.69 Å². The lowest BCUT2D eigenvalue weighted by atomic mass is 9.91. The number of rotatable bonds is 5. The molecular weight excluding hydrogens is 497 g/mol. The zero-order chi connectivity index (χ0) is 25.4. The fourth-order valence-electron chi connectivity index (χ4n) is 4.56. The van der Waals surface area contributed by atoms with Gasteiger partial charge in [-0.3, -0.25) is 14.5 Å². The SMILES string of the molecule is CCOc1cc(/C(O)=C2/C(=O)C(=O)N(c3ccc(Cl)cc3)C2c2cccc3ccccc23)ccc1Cl. The van der Waals surface area contributed by atoms with Gasteiger partial charge in [0.25, 0.3) is 11.7 Å². The third-order valence-corrected chi connectivity index (χ3v) is 6.74. The summed E-state index contributed by atoms with van der Waals surface area (Å²) in [4.78, 5) is 28.3. The number of aliphatic hydroxyl groups excluding tert-OH is 1. The van der Waals surface area contributed by atoms with Crippen LogP contribution in [0.1, 0.15) is 24.1 Å². The first-order valence-electron chi connectivity index (χ1n) is 11.4. The molecule has 0 bridgehead atoms. The third-order valence-electron chi connectivity index (χ3n) is 6.17. The number of benzene rings is 4. The topological polar surface area (TPSA) is 66.8 Å². The maximum absolute atomic E-state index is 13.5. The van der Waals surface area contributed by atoms with E-state index in [0.717, 1.165) is 10.8 Å². The van der Waals surface area contributed by atoms with Gasteiger partial charge in [-0.05, 0) is 65.7 Å². The highest BCUT2D eigenvalue weighted by atomic mass is 35.5. The summed E-state index contributed by atoms with van der Waals surface area (Å²) < 4.78 is 5.57. The molecule has 0 spiro atoms. The quantitative estimate of drug-likeness (QED) is 0.173. The van der Waals surface area contributed by atoms with Crippen molar-refractivity contribution in [1.82, 2.24) is 0 Å². The minimum absolute atomic E-state index is 0.0175. The molecule has 0 aliphatic carbocycles. The zero-order valence-electron chi connectivity index (χ0n) is 19.2. The first-order chi connectivity index (χ1) is 17.4. The van der Waals surface area contributed by atoms with Crippen LogP contribution in [-0.4, -0.2) is 23.4 Å². The molecule has 36 heavy (non-hydrogen) atoms. The molecule has 1 aliphatic rings. The van der Waals surface area contributed by atoms with E-state index in [0.29, 0.717) is 39.2 Å². The minimum Gasteiger partial charge on any atom is -0.507 e. The molecule has 0 saturated carbocycles. The number of hydrogen-bond donors (Lipinski definition) is 1. The molecule has 1 N–H and O–H groups in total. The smallest absolute Gasteiger partial charge is 0.300 e. The Labute approximate surface area is 218 Å². The van der Waals surface area contributed by atoms with Gasteiger partial charge >= 0.3 is 0 Å². The van der Waals surface area contributed by atoms with E-state index >= 15 is 0 Å². The second kappa shape index (κ2) is 9.69. The Morgan fingerprint density at radius 1 is 0.944 bits per heavy atom. The Bertz CT molecular complexity index is 1520. The highest BCUT2D eigenvalue weighted by Crippen LogP contribution is 2.44. The summed E-state index contributed by atoms with van der Waals surface area (Å²) in [5.74, 6) is -1.46. The van der Waals surface area contributed by atoms with Crippen LogP contribution >= 0.6 is 23.2 Å². The molecule has 7 heteroatoms. The molecule has 5 rings (SSSR count). The number of Topliss-reactive ketones (excluding diaryl/α,β-unsaturated/α-hetero) is 1. The second-order valence-electron chi connectivity index (χ2n) is 8.29. The Morgan fingerprint density at radius 2 is 1.67 bits per heavy atom. The van der Waals surface area contributed by atoms with Crippen molar-refractivity contribution in [3.8, 4) is 5.75 Å². The summed E-state index contributed by atoms with van der Waals surface area (Å²) >= 11 is 12.3. The van der Waals surface area contributed by atoms with Crippen molar-refractivity contribution in [2.24, 2.45) is 0 Å². The monoisotopic (exact) mass is 517 g/mol. The number of aliphatic hydroxyl groups is 1. The van der Waals surface area contributed by atoms with Crippen LogP contribution in [0.2, 0.25) is 10.0 Å². The number of nitrogens with zero attached hydrogens (tertiary/aromatic N) is 1. The molecule has 1 atom stereocenters. The molecule has 1 saturated heterocycles. The summed E-state index contributed by atoms with van der Waals surface area (Å²) in [5, 5.41) is 14.2. The van der Waals surface area contributed by atoms with Crippen LogP contribution in [-0.2, 0) is 9.59 Å². The lowest BCUT2D eigenvalue weighted by Gasteiger charge is -2.26. The number of anilines is 1. The first kappa shape index (κ1) is 23.9. The summed E-state index contributed by atoms with van der Waals surface area (Å²) in [6.45, 7) is 2.20. The van der Waals surface area contributed by atoms with Crippen molar-refractivity contribution in [1.29, 1.82) is 0 Å². The van der Waals surface area contributed by atoms with Crippen molar-refractivity contribution in [2.45, 2.75) is 13.0 Å². The normalized spacial score (nSPS) is 17.1. The number of fused-ring (bicyclic) bond motifs is 1. The van der Waals surface area contributed by atoms with Crippen molar-refractivity contribution in [3.63, 3.8) is 0 Å². The predicted octanol–water partition coefficient (Wildman–Crippen LogP) is 7.17. The molecule has 1 amide bonds. The van der Waals surface area contributed by atoms with Crippen LogP contribution in [0, 0.1) is 0 Å². The van der Waals surface area contributed by atoms with E-state index in [4.69, 9.17) is 27.9 Å². The van der Waals surface area contributed by atoms with Gasteiger partial charge in [0.15, 0.2) is 0 Å². The highest BCUT2D eigenvalue weighted by molar-refractivity contribution is 6.52. The largest absolute Gasteiger partial charge is 0.507 e.